The molecule has 0 aliphatic heterocycles. The van der Waals surface area contributed by atoms with Crippen molar-refractivity contribution in [3.63, 3.8) is 0 Å². The molecule has 0 atom stereocenters. The van der Waals surface area contributed by atoms with Gasteiger partial charge in [0.05, 0.1) is 15.6 Å². The van der Waals surface area contributed by atoms with Crippen LogP contribution in [0, 0.1) is 13.8 Å². The second kappa shape index (κ2) is 10.2. The van der Waals surface area contributed by atoms with Crippen molar-refractivity contribution in [2.24, 2.45) is 4.99 Å². The van der Waals surface area contributed by atoms with E-state index in [4.69, 9.17) is 0 Å². The number of rotatable bonds is 6. The predicted molar refractivity (Wildman–Crippen MR) is 118 cm³/mol. The maximum Gasteiger partial charge on any atom is 0.191 e. The maximum absolute atomic E-state index is 11.7. The fourth-order valence-corrected chi connectivity index (χ4v) is 4.08. The molecule has 0 spiro atoms. The second-order valence-electron chi connectivity index (χ2n) is 5.83. The highest BCUT2D eigenvalue weighted by Crippen LogP contribution is 2.16. The highest BCUT2D eigenvalue weighted by atomic mass is 127. The number of nitrogens with one attached hydrogen (secondary N) is 2. The molecule has 9 heteroatoms. The van der Waals surface area contributed by atoms with Crippen LogP contribution in [0.2, 0.25) is 0 Å². The van der Waals surface area contributed by atoms with Gasteiger partial charge in [-0.15, -0.1) is 35.3 Å². The zero-order valence-electron chi connectivity index (χ0n) is 15.4. The summed E-state index contributed by atoms with van der Waals surface area (Å²) in [6, 6.07) is 5.36. The summed E-state index contributed by atoms with van der Waals surface area (Å²) in [6.07, 6.45) is 2.07. The number of benzene rings is 1. The number of thiazole rings is 1. The van der Waals surface area contributed by atoms with Gasteiger partial charge in [0.25, 0.3) is 0 Å². The van der Waals surface area contributed by atoms with E-state index in [9.17, 15) is 8.42 Å². The van der Waals surface area contributed by atoms with E-state index in [-0.39, 0.29) is 24.0 Å². The monoisotopic (exact) mass is 508 g/mol. The van der Waals surface area contributed by atoms with Crippen LogP contribution >= 0.6 is 35.3 Å². The Morgan fingerprint density at radius 1 is 1.27 bits per heavy atom. The van der Waals surface area contributed by atoms with Crippen molar-refractivity contribution in [3.8, 4) is 0 Å². The van der Waals surface area contributed by atoms with Crippen LogP contribution in [0.3, 0.4) is 0 Å². The highest BCUT2D eigenvalue weighted by molar-refractivity contribution is 14.0. The van der Waals surface area contributed by atoms with E-state index >= 15 is 0 Å². The molecule has 0 saturated heterocycles. The van der Waals surface area contributed by atoms with Crippen LogP contribution in [0.1, 0.15) is 21.8 Å². The molecule has 0 bridgehead atoms. The molecule has 26 heavy (non-hydrogen) atoms. The van der Waals surface area contributed by atoms with Gasteiger partial charge in [0, 0.05) is 38.2 Å². The van der Waals surface area contributed by atoms with Gasteiger partial charge in [-0.1, -0.05) is 12.1 Å². The van der Waals surface area contributed by atoms with Crippen LogP contribution in [-0.2, 0) is 22.8 Å². The van der Waals surface area contributed by atoms with Gasteiger partial charge in [-0.05, 0) is 31.0 Å². The van der Waals surface area contributed by atoms with E-state index in [0.29, 0.717) is 17.4 Å². The van der Waals surface area contributed by atoms with Crippen LogP contribution in [0.25, 0.3) is 0 Å². The lowest BCUT2D eigenvalue weighted by Gasteiger charge is -2.12. The average molecular weight is 508 g/mol. The minimum atomic E-state index is -3.18. The Balaban J connectivity index is 0.00000338. The lowest BCUT2D eigenvalue weighted by Crippen LogP contribution is -2.37. The van der Waals surface area contributed by atoms with Gasteiger partial charge >= 0.3 is 0 Å². The summed E-state index contributed by atoms with van der Waals surface area (Å²) in [4.78, 5) is 9.01. The van der Waals surface area contributed by atoms with Gasteiger partial charge in [0.1, 0.15) is 0 Å². The van der Waals surface area contributed by atoms with Crippen LogP contribution < -0.4 is 10.6 Å². The number of sulfone groups is 1. The number of aryl methyl sites for hydroxylation is 2. The normalized spacial score (nSPS) is 11.8. The van der Waals surface area contributed by atoms with Gasteiger partial charge in [0.15, 0.2) is 15.8 Å². The summed E-state index contributed by atoms with van der Waals surface area (Å²) >= 11 is 1.65. The number of hydrogen-bond acceptors (Lipinski definition) is 5. The molecule has 0 aliphatic carbocycles. The standard InChI is InChI=1S/C17H24N4O2S2.HI/c1-12-9-14(5-6-16(12)25(4,22)23)10-20-17(18-3)19-8-7-15-11-24-13(2)21-15;/h5-6,9,11H,7-8,10H2,1-4H3,(H2,18,19,20);1H. The second-order valence-corrected chi connectivity index (χ2v) is 8.88. The zero-order chi connectivity index (χ0) is 18.4. The first-order valence-electron chi connectivity index (χ1n) is 7.94. The van der Waals surface area contributed by atoms with Crippen molar-refractivity contribution in [1.29, 1.82) is 0 Å². The predicted octanol–water partition coefficient (Wildman–Crippen LogP) is 2.69. The summed E-state index contributed by atoms with van der Waals surface area (Å²) < 4.78 is 23.3. The van der Waals surface area contributed by atoms with Crippen molar-refractivity contribution in [1.82, 2.24) is 15.6 Å². The van der Waals surface area contributed by atoms with E-state index in [2.05, 4.69) is 26.0 Å². The first-order valence-corrected chi connectivity index (χ1v) is 10.7. The van der Waals surface area contributed by atoms with E-state index in [0.717, 1.165) is 34.8 Å². The topological polar surface area (TPSA) is 83.4 Å². The fourth-order valence-electron chi connectivity index (χ4n) is 2.48. The van der Waals surface area contributed by atoms with Gasteiger partial charge in [0.2, 0.25) is 0 Å². The van der Waals surface area contributed by atoms with Gasteiger partial charge in [-0.25, -0.2) is 13.4 Å². The van der Waals surface area contributed by atoms with Crippen LogP contribution in [-0.4, -0.2) is 39.2 Å². The third kappa shape index (κ3) is 6.84. The molecule has 6 nitrogen and oxygen atoms in total. The molecule has 2 aromatic rings. The zero-order valence-corrected chi connectivity index (χ0v) is 19.3. The van der Waals surface area contributed by atoms with Crippen LogP contribution in [0.15, 0.2) is 33.5 Å². The summed E-state index contributed by atoms with van der Waals surface area (Å²) in [5, 5.41) is 9.63. The van der Waals surface area contributed by atoms with Gasteiger partial charge in [-0.2, -0.15) is 0 Å². The quantitative estimate of drug-likeness (QED) is 0.356. The van der Waals surface area contributed by atoms with Gasteiger partial charge < -0.3 is 10.6 Å². The molecule has 1 aromatic carbocycles. The van der Waals surface area contributed by atoms with E-state index in [1.54, 1.807) is 24.5 Å². The summed E-state index contributed by atoms with van der Waals surface area (Å²) in [6.45, 7) is 5.12. The summed E-state index contributed by atoms with van der Waals surface area (Å²) in [5.74, 6) is 0.705. The van der Waals surface area contributed by atoms with Crippen molar-refractivity contribution < 1.29 is 8.42 Å². The molecule has 0 aliphatic rings. The number of aromatic nitrogens is 1. The molecule has 0 fully saturated rings. The number of nitrogens with zero attached hydrogens (tertiary/aromatic N) is 2. The van der Waals surface area contributed by atoms with Crippen molar-refractivity contribution in [2.75, 3.05) is 19.8 Å². The Morgan fingerprint density at radius 2 is 2.00 bits per heavy atom. The molecular weight excluding hydrogens is 483 g/mol. The Hall–Kier alpha value is -1.20. The number of hydrogen-bond donors (Lipinski definition) is 2. The number of aliphatic imine (C=N–C) groups is 1. The summed E-state index contributed by atoms with van der Waals surface area (Å²) in [7, 11) is -1.46. The molecule has 144 valence electrons. The average Bonchev–Trinajstić information content (AvgIpc) is 2.95. The SMILES string of the molecule is CN=C(NCCc1csc(C)n1)NCc1ccc(S(C)(=O)=O)c(C)c1.I. The van der Waals surface area contributed by atoms with E-state index in [1.807, 2.05) is 26.0 Å². The molecule has 0 saturated carbocycles. The molecule has 2 N–H and O–H groups in total. The Labute approximate surface area is 176 Å². The Kier molecular flexibility index (Phi) is 8.97. The third-order valence-corrected chi connectivity index (χ3v) is 5.74. The molecular formula is C17H25IN4O2S2. The lowest BCUT2D eigenvalue weighted by atomic mass is 10.1. The van der Waals surface area contributed by atoms with E-state index in [1.165, 1.54) is 6.26 Å². The van der Waals surface area contributed by atoms with Crippen molar-refractivity contribution in [2.45, 2.75) is 31.7 Å². The van der Waals surface area contributed by atoms with Crippen LogP contribution in [0.5, 0.6) is 0 Å². The molecule has 2 rings (SSSR count). The first-order chi connectivity index (χ1) is 11.8. The van der Waals surface area contributed by atoms with Crippen molar-refractivity contribution >= 4 is 51.1 Å². The molecule has 1 aromatic heterocycles. The molecule has 0 unspecified atom stereocenters. The molecule has 0 amide bonds. The van der Waals surface area contributed by atoms with E-state index < -0.39 is 9.84 Å². The lowest BCUT2D eigenvalue weighted by molar-refractivity contribution is 0.601. The summed E-state index contributed by atoms with van der Waals surface area (Å²) in [5.41, 5.74) is 2.84. The van der Waals surface area contributed by atoms with Gasteiger partial charge in [-0.3, -0.25) is 4.99 Å². The highest BCUT2D eigenvalue weighted by Gasteiger charge is 2.11. The Bertz CT molecular complexity index is 863. The number of guanidine groups is 1. The molecule has 0 radical (unpaired) electrons. The maximum atomic E-state index is 11.7. The largest absolute Gasteiger partial charge is 0.356 e. The minimum absolute atomic E-state index is 0. The minimum Gasteiger partial charge on any atom is -0.356 e. The number of halogens is 1. The molecule has 1 heterocycles. The fraction of sp³-hybridized carbons (Fsp3) is 0.412. The van der Waals surface area contributed by atoms with Crippen molar-refractivity contribution in [3.05, 3.63) is 45.4 Å². The van der Waals surface area contributed by atoms with Crippen LogP contribution in [0.4, 0.5) is 0 Å². The Morgan fingerprint density at radius 3 is 2.54 bits per heavy atom. The third-order valence-electron chi connectivity index (χ3n) is 3.66. The first kappa shape index (κ1) is 22.8. The smallest absolute Gasteiger partial charge is 0.191 e.